The van der Waals surface area contributed by atoms with Gasteiger partial charge in [0.1, 0.15) is 5.60 Å². The van der Waals surface area contributed by atoms with Crippen LogP contribution in [0, 0.1) is 24.2 Å². The third-order valence-electron chi connectivity index (χ3n) is 6.45. The van der Waals surface area contributed by atoms with Gasteiger partial charge in [0.25, 0.3) is 0 Å². The number of hydrogen-bond acceptors (Lipinski definition) is 3. The summed E-state index contributed by atoms with van der Waals surface area (Å²) in [6.45, 7) is 17.7. The highest BCUT2D eigenvalue weighted by molar-refractivity contribution is 6.74. The molecule has 1 aromatic rings. The van der Waals surface area contributed by atoms with Gasteiger partial charge in [-0.3, -0.25) is 0 Å². The van der Waals surface area contributed by atoms with Crippen LogP contribution in [-0.4, -0.2) is 31.2 Å². The van der Waals surface area contributed by atoms with Crippen LogP contribution in [0.4, 0.5) is 0 Å². The zero-order valence-corrected chi connectivity index (χ0v) is 19.2. The highest BCUT2D eigenvalue weighted by Gasteiger charge is 2.53. The summed E-state index contributed by atoms with van der Waals surface area (Å²) in [6.07, 6.45) is 7.47. The molecule has 0 saturated heterocycles. The number of rotatable bonds is 6. The summed E-state index contributed by atoms with van der Waals surface area (Å²) in [4.78, 5) is 0. The number of benzene rings is 1. The smallest absolute Gasteiger partial charge is 0.192 e. The van der Waals surface area contributed by atoms with Crippen LogP contribution >= 0.6 is 0 Å². The second-order valence-corrected chi connectivity index (χ2v) is 14.4. The fourth-order valence-electron chi connectivity index (χ4n) is 3.69. The topological polar surface area (TPSA) is 38.7 Å². The van der Waals surface area contributed by atoms with Crippen molar-refractivity contribution in [3.63, 3.8) is 0 Å². The first-order chi connectivity index (χ1) is 12.9. The molecule has 0 bridgehead atoms. The third kappa shape index (κ3) is 4.78. The van der Waals surface area contributed by atoms with Gasteiger partial charge in [-0.05, 0) is 36.0 Å². The van der Waals surface area contributed by atoms with Crippen molar-refractivity contribution in [2.45, 2.75) is 76.7 Å². The maximum atomic E-state index is 11.1. The number of terminal acetylenes is 1. The van der Waals surface area contributed by atoms with Crippen LogP contribution < -0.4 is 0 Å². The van der Waals surface area contributed by atoms with Gasteiger partial charge in [0.05, 0.1) is 18.8 Å². The average molecular weight is 401 g/mol. The first-order valence-electron chi connectivity index (χ1n) is 10.1. The molecule has 0 amide bonds. The van der Waals surface area contributed by atoms with E-state index in [2.05, 4.69) is 53.3 Å². The maximum Gasteiger partial charge on any atom is 0.192 e. The van der Waals surface area contributed by atoms with Crippen molar-refractivity contribution in [1.82, 2.24) is 0 Å². The zero-order chi connectivity index (χ0) is 21.2. The van der Waals surface area contributed by atoms with Crippen LogP contribution in [0.25, 0.3) is 0 Å². The normalized spacial score (nSPS) is 31.2. The molecule has 1 aliphatic carbocycles. The fourth-order valence-corrected chi connectivity index (χ4v) is 5.09. The van der Waals surface area contributed by atoms with Crippen LogP contribution in [-0.2, 0) is 15.8 Å². The molecular formula is C24H36O3Si. The molecule has 1 aliphatic rings. The molecule has 0 aromatic heterocycles. The van der Waals surface area contributed by atoms with Gasteiger partial charge in [-0.2, -0.15) is 0 Å². The minimum Gasteiger partial charge on any atom is -0.411 e. The lowest BCUT2D eigenvalue weighted by atomic mass is 9.68. The Balaban J connectivity index is 2.36. The molecular weight excluding hydrogens is 364 g/mol. The van der Waals surface area contributed by atoms with E-state index in [0.29, 0.717) is 13.0 Å². The van der Waals surface area contributed by atoms with E-state index in [1.54, 1.807) is 6.08 Å². The molecule has 0 aliphatic heterocycles. The Bertz CT molecular complexity index is 701. The Morgan fingerprint density at radius 3 is 2.39 bits per heavy atom. The summed E-state index contributed by atoms with van der Waals surface area (Å²) < 4.78 is 13.2. The van der Waals surface area contributed by atoms with Crippen molar-refractivity contribution >= 4 is 8.32 Å². The van der Waals surface area contributed by atoms with Crippen molar-refractivity contribution in [2.24, 2.45) is 11.8 Å². The minimum atomic E-state index is -2.03. The molecule has 2 rings (SSSR count). The van der Waals surface area contributed by atoms with Gasteiger partial charge in [-0.1, -0.05) is 70.0 Å². The molecule has 154 valence electrons. The molecule has 0 spiro atoms. The summed E-state index contributed by atoms with van der Waals surface area (Å²) in [5.41, 5.74) is -0.186. The molecule has 5 atom stereocenters. The molecule has 0 unspecified atom stereocenters. The molecule has 0 radical (unpaired) electrons. The van der Waals surface area contributed by atoms with Crippen molar-refractivity contribution in [2.75, 3.05) is 0 Å². The van der Waals surface area contributed by atoms with Crippen molar-refractivity contribution in [3.8, 4) is 12.3 Å². The third-order valence-corrected chi connectivity index (χ3v) is 10.9. The Morgan fingerprint density at radius 1 is 1.29 bits per heavy atom. The summed E-state index contributed by atoms with van der Waals surface area (Å²) in [7, 11) is -2.03. The van der Waals surface area contributed by atoms with E-state index in [1.165, 1.54) is 0 Å². The maximum absolute atomic E-state index is 11.1. The SMILES string of the molecule is C#C[C@@]1(O)C[C@@H](C)[C@@H](O[Si](C)(C)C(C)(C)C)[C@H](OCc2ccccc2)[C@@H]1C=C. The second-order valence-electron chi connectivity index (χ2n) is 9.62. The molecule has 1 aromatic carbocycles. The molecule has 3 nitrogen and oxygen atoms in total. The van der Waals surface area contributed by atoms with Crippen LogP contribution in [0.3, 0.4) is 0 Å². The lowest BCUT2D eigenvalue weighted by Crippen LogP contribution is -2.60. The van der Waals surface area contributed by atoms with E-state index in [9.17, 15) is 5.11 Å². The molecule has 4 heteroatoms. The predicted molar refractivity (Wildman–Crippen MR) is 118 cm³/mol. The van der Waals surface area contributed by atoms with Crippen molar-refractivity contribution in [1.29, 1.82) is 0 Å². The van der Waals surface area contributed by atoms with E-state index in [1.807, 2.05) is 30.3 Å². The average Bonchev–Trinajstić information content (AvgIpc) is 2.62. The van der Waals surface area contributed by atoms with E-state index in [-0.39, 0.29) is 29.1 Å². The lowest BCUT2D eigenvalue weighted by molar-refractivity contribution is -0.154. The second kappa shape index (κ2) is 8.55. The summed E-state index contributed by atoms with van der Waals surface area (Å²) >= 11 is 0. The van der Waals surface area contributed by atoms with Gasteiger partial charge in [0, 0.05) is 5.92 Å². The molecule has 1 N–H and O–H groups in total. The van der Waals surface area contributed by atoms with E-state index < -0.39 is 13.9 Å². The predicted octanol–water partition coefficient (Wildman–Crippen LogP) is 5.17. The van der Waals surface area contributed by atoms with Crippen LogP contribution in [0.5, 0.6) is 0 Å². The van der Waals surface area contributed by atoms with Gasteiger partial charge < -0.3 is 14.3 Å². The number of aliphatic hydroxyl groups is 1. The Hall–Kier alpha value is -1.38. The Morgan fingerprint density at radius 2 is 1.89 bits per heavy atom. The van der Waals surface area contributed by atoms with Gasteiger partial charge in [-0.25, -0.2) is 0 Å². The summed E-state index contributed by atoms with van der Waals surface area (Å²) in [5, 5.41) is 11.2. The standard InChI is InChI=1S/C24H36O3Si/c1-9-20-22(26-17-19-14-12-11-13-15-19)21(18(3)16-24(20,25)10-2)27-28(7,8)23(4,5)6/h2,9,11-15,18,20-22,25H,1,16-17H2,3-8H3/t18-,20+,21-,22-,24-/m1/s1. The van der Waals surface area contributed by atoms with Gasteiger partial charge in [0.2, 0.25) is 0 Å². The number of ether oxygens (including phenoxy) is 1. The van der Waals surface area contributed by atoms with Crippen LogP contribution in [0.1, 0.15) is 39.7 Å². The molecule has 1 saturated carbocycles. The fraction of sp³-hybridized carbons (Fsp3) is 0.583. The molecule has 0 heterocycles. The van der Waals surface area contributed by atoms with E-state index >= 15 is 0 Å². The van der Waals surface area contributed by atoms with Crippen molar-refractivity contribution < 1.29 is 14.3 Å². The Kier molecular flexibility index (Phi) is 6.99. The largest absolute Gasteiger partial charge is 0.411 e. The van der Waals surface area contributed by atoms with Crippen LogP contribution in [0.2, 0.25) is 18.1 Å². The first kappa shape index (κ1) is 22.9. The highest BCUT2D eigenvalue weighted by Crippen LogP contribution is 2.45. The van der Waals surface area contributed by atoms with E-state index in [0.717, 1.165) is 5.56 Å². The summed E-state index contributed by atoms with van der Waals surface area (Å²) in [6, 6.07) is 10.0. The summed E-state index contributed by atoms with van der Waals surface area (Å²) in [5.74, 6) is 2.31. The highest BCUT2D eigenvalue weighted by atomic mass is 28.4. The quantitative estimate of drug-likeness (QED) is 0.407. The van der Waals surface area contributed by atoms with Crippen molar-refractivity contribution in [3.05, 3.63) is 48.6 Å². The monoisotopic (exact) mass is 400 g/mol. The van der Waals surface area contributed by atoms with Gasteiger partial charge in [0.15, 0.2) is 8.32 Å². The van der Waals surface area contributed by atoms with E-state index in [4.69, 9.17) is 15.6 Å². The minimum absolute atomic E-state index is 0.0761. The Labute approximate surface area is 172 Å². The van der Waals surface area contributed by atoms with Gasteiger partial charge in [-0.15, -0.1) is 13.0 Å². The van der Waals surface area contributed by atoms with Crippen LogP contribution in [0.15, 0.2) is 43.0 Å². The van der Waals surface area contributed by atoms with Gasteiger partial charge >= 0.3 is 0 Å². The molecule has 28 heavy (non-hydrogen) atoms. The lowest BCUT2D eigenvalue weighted by Gasteiger charge is -2.51. The zero-order valence-electron chi connectivity index (χ0n) is 18.2. The first-order valence-corrected chi connectivity index (χ1v) is 13.0. The number of hydrogen-bond donors (Lipinski definition) is 1. The molecule has 1 fully saturated rings.